The highest BCUT2D eigenvalue weighted by molar-refractivity contribution is 7.15. The van der Waals surface area contributed by atoms with Gasteiger partial charge in [0.1, 0.15) is 10.9 Å². The number of methoxy groups -OCH3 is 1. The molecule has 1 aromatic rings. The Kier molecular flexibility index (Phi) is 4.05. The Morgan fingerprint density at radius 2 is 2.05 bits per heavy atom. The van der Waals surface area contributed by atoms with E-state index >= 15 is 0 Å². The van der Waals surface area contributed by atoms with E-state index in [0.29, 0.717) is 28.9 Å². The van der Waals surface area contributed by atoms with Crippen molar-refractivity contribution in [2.75, 3.05) is 46.9 Å². The van der Waals surface area contributed by atoms with Crippen LogP contribution in [0.5, 0.6) is 5.19 Å². The summed E-state index contributed by atoms with van der Waals surface area (Å²) in [7, 11) is 3.36. The molecule has 1 aromatic heterocycles. The zero-order valence-electron chi connectivity index (χ0n) is 13.0. The number of aromatic nitrogens is 1. The van der Waals surface area contributed by atoms with E-state index in [1.807, 2.05) is 14.0 Å². The van der Waals surface area contributed by atoms with Crippen LogP contribution in [0.15, 0.2) is 0 Å². The van der Waals surface area contributed by atoms with Crippen LogP contribution in [0, 0.1) is 6.92 Å². The zero-order valence-corrected chi connectivity index (χ0v) is 13.9. The van der Waals surface area contributed by atoms with Gasteiger partial charge in [-0.2, -0.15) is 0 Å². The molecule has 0 spiro atoms. The van der Waals surface area contributed by atoms with E-state index in [1.165, 1.54) is 11.3 Å². The van der Waals surface area contributed by atoms with Crippen LogP contribution in [0.25, 0.3) is 0 Å². The van der Waals surface area contributed by atoms with Gasteiger partial charge in [-0.3, -0.25) is 14.5 Å². The van der Waals surface area contributed by atoms with Crippen LogP contribution < -0.4 is 4.74 Å². The predicted molar refractivity (Wildman–Crippen MR) is 82.3 cm³/mol. The summed E-state index contributed by atoms with van der Waals surface area (Å²) in [5, 5.41) is 0.493. The number of nitrogens with zero attached hydrogens (tertiary/aromatic N) is 4. The number of ether oxygens (including phenoxy) is 1. The third kappa shape index (κ3) is 2.56. The smallest absolute Gasteiger partial charge is 0.273 e. The molecule has 3 rings (SSSR count). The molecule has 22 heavy (non-hydrogen) atoms. The molecule has 0 radical (unpaired) electrons. The molecule has 0 aliphatic carbocycles. The highest BCUT2D eigenvalue weighted by atomic mass is 32.1. The molecule has 0 bridgehead atoms. The second kappa shape index (κ2) is 5.85. The largest absolute Gasteiger partial charge is 0.473 e. The van der Waals surface area contributed by atoms with Crippen LogP contribution in [0.4, 0.5) is 0 Å². The molecule has 3 heterocycles. The fourth-order valence-electron chi connectivity index (χ4n) is 2.95. The van der Waals surface area contributed by atoms with Gasteiger partial charge in [-0.05, 0) is 6.92 Å². The van der Waals surface area contributed by atoms with Gasteiger partial charge >= 0.3 is 0 Å². The molecule has 0 N–H and O–H groups in total. The summed E-state index contributed by atoms with van der Waals surface area (Å²) in [6.07, 6.45) is 0. The number of likely N-dealkylation sites (N-methyl/N-ethyl adjacent to an activating group) is 1. The van der Waals surface area contributed by atoms with E-state index in [1.54, 1.807) is 16.9 Å². The first-order valence-corrected chi connectivity index (χ1v) is 8.12. The molecular formula is C14H20N4O3S. The number of carbonyl (C=O) groups is 2. The molecule has 2 amide bonds. The van der Waals surface area contributed by atoms with Crippen molar-refractivity contribution in [3.63, 3.8) is 0 Å². The maximum absolute atomic E-state index is 12.7. The van der Waals surface area contributed by atoms with Crippen LogP contribution in [0.1, 0.15) is 15.4 Å². The van der Waals surface area contributed by atoms with Gasteiger partial charge in [0.15, 0.2) is 0 Å². The van der Waals surface area contributed by atoms with Gasteiger partial charge in [0.2, 0.25) is 5.91 Å². The SMILES string of the molecule is COc1nc(C)c(C(=O)N2CCN3CCN(C)C(=O)C3C2)s1. The van der Waals surface area contributed by atoms with E-state index in [2.05, 4.69) is 9.88 Å². The summed E-state index contributed by atoms with van der Waals surface area (Å²) in [5.74, 6) is 0.0429. The zero-order chi connectivity index (χ0) is 15.9. The topological polar surface area (TPSA) is 66.0 Å². The number of hydrogen-bond acceptors (Lipinski definition) is 6. The normalized spacial score (nSPS) is 22.7. The average molecular weight is 324 g/mol. The molecule has 2 aliphatic rings. The Morgan fingerprint density at radius 1 is 1.32 bits per heavy atom. The lowest BCUT2D eigenvalue weighted by atomic mass is 10.1. The van der Waals surface area contributed by atoms with Gasteiger partial charge in [-0.25, -0.2) is 4.98 Å². The van der Waals surface area contributed by atoms with Crippen LogP contribution >= 0.6 is 11.3 Å². The van der Waals surface area contributed by atoms with E-state index in [0.717, 1.165) is 19.6 Å². The van der Waals surface area contributed by atoms with Crippen molar-refractivity contribution in [3.8, 4) is 5.19 Å². The number of rotatable bonds is 2. The van der Waals surface area contributed by atoms with Gasteiger partial charge in [0, 0.05) is 39.8 Å². The minimum atomic E-state index is -0.216. The number of fused-ring (bicyclic) bond motifs is 1. The first-order chi connectivity index (χ1) is 10.5. The first kappa shape index (κ1) is 15.2. The van der Waals surface area contributed by atoms with Crippen LogP contribution in [-0.4, -0.2) is 84.4 Å². The molecule has 0 saturated carbocycles. The van der Waals surface area contributed by atoms with Crippen molar-refractivity contribution < 1.29 is 14.3 Å². The Morgan fingerprint density at radius 3 is 2.73 bits per heavy atom. The van der Waals surface area contributed by atoms with Crippen LogP contribution in [-0.2, 0) is 4.79 Å². The van der Waals surface area contributed by atoms with Gasteiger partial charge in [0.25, 0.3) is 11.1 Å². The Hall–Kier alpha value is -1.67. The monoisotopic (exact) mass is 324 g/mol. The number of hydrogen-bond donors (Lipinski definition) is 0. The molecule has 2 fully saturated rings. The summed E-state index contributed by atoms with van der Waals surface area (Å²) in [6.45, 7) is 5.28. The van der Waals surface area contributed by atoms with Crippen molar-refractivity contribution in [2.45, 2.75) is 13.0 Å². The number of piperazine rings is 2. The first-order valence-electron chi connectivity index (χ1n) is 7.31. The molecule has 1 atom stereocenters. The minimum Gasteiger partial charge on any atom is -0.473 e. The molecule has 0 aromatic carbocycles. The summed E-state index contributed by atoms with van der Waals surface area (Å²) in [5.41, 5.74) is 0.682. The van der Waals surface area contributed by atoms with E-state index in [9.17, 15) is 9.59 Å². The third-order valence-corrected chi connectivity index (χ3v) is 5.41. The molecule has 2 saturated heterocycles. The fourth-order valence-corrected chi connectivity index (χ4v) is 3.80. The van der Waals surface area contributed by atoms with E-state index < -0.39 is 0 Å². The molecule has 1 unspecified atom stereocenters. The Bertz CT molecular complexity index is 603. The highest BCUT2D eigenvalue weighted by Crippen LogP contribution is 2.27. The number of amides is 2. The number of aryl methyl sites for hydroxylation is 1. The van der Waals surface area contributed by atoms with E-state index in [4.69, 9.17) is 4.74 Å². The number of carbonyl (C=O) groups excluding carboxylic acids is 2. The van der Waals surface area contributed by atoms with Crippen molar-refractivity contribution in [2.24, 2.45) is 0 Å². The Balaban J connectivity index is 1.76. The summed E-state index contributed by atoms with van der Waals surface area (Å²) < 4.78 is 5.10. The standard InChI is InChI=1S/C14H20N4O3S/c1-9-11(22-14(15-9)21-3)13(20)18-7-6-17-5-4-16(2)12(19)10(17)8-18/h10H,4-8H2,1-3H3. The second-order valence-corrected chi connectivity index (χ2v) is 6.62. The van der Waals surface area contributed by atoms with Crippen molar-refractivity contribution in [3.05, 3.63) is 10.6 Å². The lowest BCUT2D eigenvalue weighted by molar-refractivity contribution is -0.142. The van der Waals surface area contributed by atoms with Crippen LogP contribution in [0.3, 0.4) is 0 Å². The van der Waals surface area contributed by atoms with Crippen LogP contribution in [0.2, 0.25) is 0 Å². The van der Waals surface area contributed by atoms with Gasteiger partial charge < -0.3 is 14.5 Å². The average Bonchev–Trinajstić information content (AvgIpc) is 2.91. The minimum absolute atomic E-state index is 0.0565. The highest BCUT2D eigenvalue weighted by Gasteiger charge is 2.39. The summed E-state index contributed by atoms with van der Waals surface area (Å²) in [4.78, 5) is 35.5. The molecule has 8 heteroatoms. The van der Waals surface area contributed by atoms with Gasteiger partial charge in [-0.15, -0.1) is 0 Å². The lowest BCUT2D eigenvalue weighted by Crippen LogP contribution is -2.64. The van der Waals surface area contributed by atoms with Gasteiger partial charge in [0.05, 0.1) is 12.8 Å². The Labute approximate surface area is 133 Å². The predicted octanol–water partition coefficient (Wildman–Crippen LogP) is 0.0585. The quantitative estimate of drug-likeness (QED) is 0.770. The van der Waals surface area contributed by atoms with Gasteiger partial charge in [-0.1, -0.05) is 11.3 Å². The number of thiazole rings is 1. The summed E-state index contributed by atoms with van der Waals surface area (Å²) >= 11 is 1.26. The van der Waals surface area contributed by atoms with Crippen molar-refractivity contribution in [1.82, 2.24) is 19.7 Å². The molecule has 120 valence electrons. The third-order valence-electron chi connectivity index (χ3n) is 4.31. The molecule has 2 aliphatic heterocycles. The van der Waals surface area contributed by atoms with E-state index in [-0.39, 0.29) is 17.9 Å². The van der Waals surface area contributed by atoms with Crippen molar-refractivity contribution in [1.29, 1.82) is 0 Å². The molecule has 7 nitrogen and oxygen atoms in total. The second-order valence-electron chi connectivity index (χ2n) is 5.66. The lowest BCUT2D eigenvalue weighted by Gasteiger charge is -2.45. The maximum atomic E-state index is 12.7. The maximum Gasteiger partial charge on any atom is 0.273 e. The molecular weight excluding hydrogens is 304 g/mol. The summed E-state index contributed by atoms with van der Waals surface area (Å²) in [6, 6.07) is -0.216. The fraction of sp³-hybridized carbons (Fsp3) is 0.643. The van der Waals surface area contributed by atoms with Crippen molar-refractivity contribution >= 4 is 23.2 Å².